The third-order valence-corrected chi connectivity index (χ3v) is 4.07. The number of aliphatic hydroxyl groups excluding tert-OH is 1. The molecule has 0 aliphatic rings. The Morgan fingerprint density at radius 2 is 2.32 bits per heavy atom. The Labute approximate surface area is 122 Å². The molecule has 2 heterocycles. The molecular formula is C13H18ClN3OS. The lowest BCUT2D eigenvalue weighted by Gasteiger charge is -2.15. The van der Waals surface area contributed by atoms with Gasteiger partial charge in [0.1, 0.15) is 6.10 Å². The number of nitrogens with zero attached hydrogens (tertiary/aromatic N) is 3. The third-order valence-electron chi connectivity index (χ3n) is 2.88. The zero-order valence-electron chi connectivity index (χ0n) is 11.1. The van der Waals surface area contributed by atoms with Crippen molar-refractivity contribution in [2.75, 3.05) is 20.6 Å². The summed E-state index contributed by atoms with van der Waals surface area (Å²) in [6.45, 7) is 1.58. The lowest BCUT2D eigenvalue weighted by atomic mass is 10.1. The summed E-state index contributed by atoms with van der Waals surface area (Å²) in [4.78, 5) is 3.22. The molecule has 19 heavy (non-hydrogen) atoms. The Bertz CT molecular complexity index is 510. The number of halogens is 1. The SMILES string of the molecule is CN(C)CCn1ncc(Cl)c1C(O)Cc1cccs1. The fraction of sp³-hybridized carbons (Fsp3) is 0.462. The lowest BCUT2D eigenvalue weighted by molar-refractivity contribution is 0.166. The first-order valence-electron chi connectivity index (χ1n) is 6.14. The number of hydrogen-bond donors (Lipinski definition) is 1. The van der Waals surface area contributed by atoms with Crippen LogP contribution in [0.1, 0.15) is 16.7 Å². The van der Waals surface area contributed by atoms with Crippen molar-refractivity contribution >= 4 is 22.9 Å². The average Bonchev–Trinajstić information content (AvgIpc) is 2.96. The van der Waals surface area contributed by atoms with Crippen molar-refractivity contribution in [3.8, 4) is 0 Å². The van der Waals surface area contributed by atoms with Crippen molar-refractivity contribution in [1.82, 2.24) is 14.7 Å². The summed E-state index contributed by atoms with van der Waals surface area (Å²) in [5.41, 5.74) is 0.705. The molecule has 2 aromatic heterocycles. The van der Waals surface area contributed by atoms with Crippen molar-refractivity contribution in [1.29, 1.82) is 0 Å². The van der Waals surface area contributed by atoms with Gasteiger partial charge in [-0.25, -0.2) is 0 Å². The van der Waals surface area contributed by atoms with Gasteiger partial charge in [-0.15, -0.1) is 11.3 Å². The molecular weight excluding hydrogens is 282 g/mol. The first-order chi connectivity index (χ1) is 9.08. The van der Waals surface area contributed by atoms with Crippen LogP contribution in [-0.4, -0.2) is 40.4 Å². The van der Waals surface area contributed by atoms with E-state index in [2.05, 4.69) is 10.00 Å². The molecule has 0 saturated heterocycles. The summed E-state index contributed by atoms with van der Waals surface area (Å²) in [5.74, 6) is 0. The van der Waals surface area contributed by atoms with Gasteiger partial charge in [0.25, 0.3) is 0 Å². The molecule has 6 heteroatoms. The summed E-state index contributed by atoms with van der Waals surface area (Å²) in [7, 11) is 4.01. The highest BCUT2D eigenvalue weighted by molar-refractivity contribution is 7.09. The van der Waals surface area contributed by atoms with Crippen molar-refractivity contribution in [2.45, 2.75) is 19.1 Å². The summed E-state index contributed by atoms with van der Waals surface area (Å²) in [6.07, 6.45) is 1.56. The molecule has 104 valence electrons. The lowest BCUT2D eigenvalue weighted by Crippen LogP contribution is -2.21. The van der Waals surface area contributed by atoms with E-state index in [1.54, 1.807) is 22.2 Å². The Morgan fingerprint density at radius 3 is 2.95 bits per heavy atom. The fourth-order valence-electron chi connectivity index (χ4n) is 1.89. The fourth-order valence-corrected chi connectivity index (χ4v) is 2.90. The zero-order chi connectivity index (χ0) is 13.8. The van der Waals surface area contributed by atoms with Crippen molar-refractivity contribution in [3.63, 3.8) is 0 Å². The van der Waals surface area contributed by atoms with E-state index in [1.165, 1.54) is 0 Å². The normalized spacial score (nSPS) is 13.1. The van der Waals surface area contributed by atoms with E-state index in [-0.39, 0.29) is 0 Å². The molecule has 2 aromatic rings. The maximum absolute atomic E-state index is 10.4. The maximum Gasteiger partial charge on any atom is 0.102 e. The van der Waals surface area contributed by atoms with E-state index in [0.29, 0.717) is 17.1 Å². The predicted molar refractivity (Wildman–Crippen MR) is 78.8 cm³/mol. The number of rotatable bonds is 6. The molecule has 0 aromatic carbocycles. The topological polar surface area (TPSA) is 41.3 Å². The van der Waals surface area contributed by atoms with Crippen LogP contribution in [0.4, 0.5) is 0 Å². The van der Waals surface area contributed by atoms with Crippen LogP contribution in [0, 0.1) is 0 Å². The van der Waals surface area contributed by atoms with Crippen LogP contribution < -0.4 is 0 Å². The molecule has 1 unspecified atom stereocenters. The second-order valence-corrected chi connectivity index (χ2v) is 6.14. The van der Waals surface area contributed by atoms with Crippen LogP contribution in [0.25, 0.3) is 0 Å². The van der Waals surface area contributed by atoms with E-state index in [1.807, 2.05) is 31.6 Å². The second-order valence-electron chi connectivity index (χ2n) is 4.70. The van der Waals surface area contributed by atoms with Gasteiger partial charge in [0.2, 0.25) is 0 Å². The minimum absolute atomic E-state index is 0.530. The number of aliphatic hydroxyl groups is 1. The van der Waals surface area contributed by atoms with Crippen molar-refractivity contribution < 1.29 is 5.11 Å². The smallest absolute Gasteiger partial charge is 0.102 e. The molecule has 0 bridgehead atoms. The van der Waals surface area contributed by atoms with Gasteiger partial charge in [-0.1, -0.05) is 17.7 Å². The van der Waals surface area contributed by atoms with Crippen LogP contribution in [0.15, 0.2) is 23.7 Å². The highest BCUT2D eigenvalue weighted by Gasteiger charge is 2.19. The third kappa shape index (κ3) is 3.79. The van der Waals surface area contributed by atoms with E-state index in [9.17, 15) is 5.11 Å². The molecule has 0 amide bonds. The van der Waals surface area contributed by atoms with E-state index in [4.69, 9.17) is 11.6 Å². The van der Waals surface area contributed by atoms with Gasteiger partial charge >= 0.3 is 0 Å². The van der Waals surface area contributed by atoms with Crippen LogP contribution in [-0.2, 0) is 13.0 Å². The van der Waals surface area contributed by atoms with Gasteiger partial charge in [0, 0.05) is 17.8 Å². The quantitative estimate of drug-likeness (QED) is 0.891. The minimum atomic E-state index is -0.615. The monoisotopic (exact) mass is 299 g/mol. The van der Waals surface area contributed by atoms with Gasteiger partial charge in [0.15, 0.2) is 0 Å². The Kier molecular flexibility index (Phi) is 4.99. The van der Waals surface area contributed by atoms with Crippen molar-refractivity contribution in [2.24, 2.45) is 0 Å². The highest BCUT2D eigenvalue weighted by Crippen LogP contribution is 2.26. The molecule has 0 fully saturated rings. The van der Waals surface area contributed by atoms with Crippen LogP contribution >= 0.6 is 22.9 Å². The number of likely N-dealkylation sites (N-methyl/N-ethyl adjacent to an activating group) is 1. The molecule has 4 nitrogen and oxygen atoms in total. The Morgan fingerprint density at radius 1 is 1.53 bits per heavy atom. The first-order valence-corrected chi connectivity index (χ1v) is 7.40. The molecule has 0 aliphatic carbocycles. The average molecular weight is 300 g/mol. The largest absolute Gasteiger partial charge is 0.386 e. The van der Waals surface area contributed by atoms with E-state index < -0.39 is 6.10 Å². The first kappa shape index (κ1) is 14.5. The predicted octanol–water partition coefficient (Wildman–Crippen LogP) is 2.44. The molecule has 1 N–H and O–H groups in total. The van der Waals surface area contributed by atoms with Crippen LogP contribution in [0.3, 0.4) is 0 Å². The number of aromatic nitrogens is 2. The molecule has 1 atom stereocenters. The van der Waals surface area contributed by atoms with E-state index >= 15 is 0 Å². The van der Waals surface area contributed by atoms with Gasteiger partial charge in [-0.3, -0.25) is 4.68 Å². The molecule has 0 aliphatic heterocycles. The molecule has 0 radical (unpaired) electrons. The summed E-state index contributed by atoms with van der Waals surface area (Å²) < 4.78 is 1.79. The van der Waals surface area contributed by atoms with Crippen LogP contribution in [0.2, 0.25) is 5.02 Å². The highest BCUT2D eigenvalue weighted by atomic mass is 35.5. The van der Waals surface area contributed by atoms with Crippen LogP contribution in [0.5, 0.6) is 0 Å². The van der Waals surface area contributed by atoms with Crippen molar-refractivity contribution in [3.05, 3.63) is 39.3 Å². The van der Waals surface area contributed by atoms with E-state index in [0.717, 1.165) is 18.0 Å². The standard InChI is InChI=1S/C13H18ClN3OS/c1-16(2)5-6-17-13(11(14)9-15-17)12(18)8-10-4-3-7-19-10/h3-4,7,9,12,18H,5-6,8H2,1-2H3. The molecule has 0 saturated carbocycles. The maximum atomic E-state index is 10.4. The summed E-state index contributed by atoms with van der Waals surface area (Å²) >= 11 is 7.78. The summed E-state index contributed by atoms with van der Waals surface area (Å²) in [6, 6.07) is 4.00. The van der Waals surface area contributed by atoms with Gasteiger partial charge in [0.05, 0.1) is 23.5 Å². The van der Waals surface area contributed by atoms with Gasteiger partial charge in [-0.05, 0) is 25.5 Å². The Balaban J connectivity index is 2.11. The summed E-state index contributed by atoms with van der Waals surface area (Å²) in [5, 5.41) is 17.1. The van der Waals surface area contributed by atoms with Gasteiger partial charge in [-0.2, -0.15) is 5.10 Å². The van der Waals surface area contributed by atoms with Gasteiger partial charge < -0.3 is 10.0 Å². The molecule has 0 spiro atoms. The zero-order valence-corrected chi connectivity index (χ0v) is 12.7. The number of hydrogen-bond acceptors (Lipinski definition) is 4. The molecule has 2 rings (SSSR count). The minimum Gasteiger partial charge on any atom is -0.386 e. The second kappa shape index (κ2) is 6.52. The Hall–Kier alpha value is -0.880. The number of thiophene rings is 1.